The number of alkyl carbamates (subject to hydrolysis) is 1. The van der Waals surface area contributed by atoms with E-state index in [0.717, 1.165) is 12.8 Å². The Balaban J connectivity index is 2.02. The number of benzene rings is 1. The summed E-state index contributed by atoms with van der Waals surface area (Å²) in [5.74, 6) is 0.521. The lowest BCUT2D eigenvalue weighted by Crippen LogP contribution is -2.37. The number of carbonyl (C=O) groups excluding carboxylic acids is 1. The zero-order chi connectivity index (χ0) is 18.4. The van der Waals surface area contributed by atoms with Gasteiger partial charge in [0.1, 0.15) is 11.4 Å². The lowest BCUT2D eigenvalue weighted by Gasteiger charge is -2.23. The summed E-state index contributed by atoms with van der Waals surface area (Å²) in [6, 6.07) is 4.84. The van der Waals surface area contributed by atoms with Gasteiger partial charge in [-0.05, 0) is 52.7 Å². The van der Waals surface area contributed by atoms with Gasteiger partial charge >= 0.3 is 6.09 Å². The molecule has 0 aliphatic heterocycles. The Morgan fingerprint density at radius 1 is 1.40 bits per heavy atom. The van der Waals surface area contributed by atoms with Crippen LogP contribution in [-0.4, -0.2) is 21.2 Å². The summed E-state index contributed by atoms with van der Waals surface area (Å²) in [7, 11) is 0. The fraction of sp³-hybridized carbons (Fsp3) is 0.500. The highest BCUT2D eigenvalue weighted by Gasteiger charge is 2.31. The fourth-order valence-corrected chi connectivity index (χ4v) is 3.01. The Labute approximate surface area is 151 Å². The maximum absolute atomic E-state index is 13.0. The van der Waals surface area contributed by atoms with E-state index in [1.807, 2.05) is 0 Å². The Morgan fingerprint density at radius 2 is 2.08 bits per heavy atom. The van der Waals surface area contributed by atoms with Gasteiger partial charge in [-0.3, -0.25) is 9.36 Å². The molecule has 0 saturated heterocycles. The molecule has 1 amide bonds. The molecule has 1 N–H and O–H groups in total. The molecule has 1 aromatic heterocycles. The molecule has 7 heteroatoms. The number of carbonyl (C=O) groups is 1. The lowest BCUT2D eigenvalue weighted by molar-refractivity contribution is 0.0504. The SMILES string of the molecule is C[C@H](NC(=O)OC(C)(C)C)c1nc2cccc(Cl)c2c(=O)n1C1CC1. The second-order valence-corrected chi connectivity index (χ2v) is 7.79. The van der Waals surface area contributed by atoms with Gasteiger partial charge in [-0.2, -0.15) is 0 Å². The molecule has 1 aliphatic carbocycles. The van der Waals surface area contributed by atoms with Crippen molar-refractivity contribution in [2.75, 3.05) is 0 Å². The van der Waals surface area contributed by atoms with Crippen molar-refractivity contribution in [3.63, 3.8) is 0 Å². The van der Waals surface area contributed by atoms with Crippen LogP contribution in [0.3, 0.4) is 0 Å². The number of halogens is 1. The number of hydrogen-bond donors (Lipinski definition) is 1. The Bertz CT molecular complexity index is 881. The van der Waals surface area contributed by atoms with Crippen molar-refractivity contribution in [2.45, 2.75) is 58.2 Å². The molecule has 1 aliphatic rings. The molecule has 134 valence electrons. The molecule has 0 radical (unpaired) electrons. The summed E-state index contributed by atoms with van der Waals surface area (Å²) in [5, 5.41) is 3.58. The normalized spacial score (nSPS) is 15.9. The molecule has 3 rings (SSSR count). The number of fused-ring (bicyclic) bond motifs is 1. The molecule has 0 unspecified atom stereocenters. The molecule has 6 nitrogen and oxygen atoms in total. The summed E-state index contributed by atoms with van der Waals surface area (Å²) < 4.78 is 6.96. The van der Waals surface area contributed by atoms with E-state index >= 15 is 0 Å². The maximum Gasteiger partial charge on any atom is 0.408 e. The minimum absolute atomic E-state index is 0.110. The number of hydrogen-bond acceptors (Lipinski definition) is 4. The first-order chi connectivity index (χ1) is 11.7. The minimum Gasteiger partial charge on any atom is -0.444 e. The van der Waals surface area contributed by atoms with Crippen LogP contribution in [0.15, 0.2) is 23.0 Å². The van der Waals surface area contributed by atoms with Gasteiger partial charge in [-0.15, -0.1) is 0 Å². The molecule has 25 heavy (non-hydrogen) atoms. The van der Waals surface area contributed by atoms with Crippen LogP contribution >= 0.6 is 11.6 Å². The smallest absolute Gasteiger partial charge is 0.408 e. The van der Waals surface area contributed by atoms with E-state index < -0.39 is 17.7 Å². The zero-order valence-corrected chi connectivity index (χ0v) is 15.6. The van der Waals surface area contributed by atoms with E-state index in [4.69, 9.17) is 16.3 Å². The number of aromatic nitrogens is 2. The van der Waals surface area contributed by atoms with Crippen molar-refractivity contribution >= 4 is 28.6 Å². The van der Waals surface area contributed by atoms with Crippen molar-refractivity contribution in [3.8, 4) is 0 Å². The van der Waals surface area contributed by atoms with E-state index in [0.29, 0.717) is 21.7 Å². The van der Waals surface area contributed by atoms with E-state index in [1.54, 1.807) is 50.5 Å². The molecule has 1 fully saturated rings. The molecule has 0 bridgehead atoms. The van der Waals surface area contributed by atoms with Gasteiger partial charge in [-0.1, -0.05) is 17.7 Å². The largest absolute Gasteiger partial charge is 0.444 e. The van der Waals surface area contributed by atoms with Crippen LogP contribution in [-0.2, 0) is 4.74 Å². The number of amides is 1. The predicted molar refractivity (Wildman–Crippen MR) is 97.1 cm³/mol. The van der Waals surface area contributed by atoms with Crippen molar-refractivity contribution in [1.82, 2.24) is 14.9 Å². The molecule has 1 heterocycles. The zero-order valence-electron chi connectivity index (χ0n) is 14.8. The second kappa shape index (κ2) is 6.33. The van der Waals surface area contributed by atoms with Gasteiger partial charge in [0.25, 0.3) is 5.56 Å². The summed E-state index contributed by atoms with van der Waals surface area (Å²) in [6.07, 6.45) is 1.30. The van der Waals surface area contributed by atoms with Crippen LogP contribution in [0.5, 0.6) is 0 Å². The molecule has 1 atom stereocenters. The Morgan fingerprint density at radius 3 is 2.68 bits per heavy atom. The quantitative estimate of drug-likeness (QED) is 0.895. The van der Waals surface area contributed by atoms with Gasteiger partial charge in [0.2, 0.25) is 0 Å². The number of nitrogens with zero attached hydrogens (tertiary/aromatic N) is 2. The van der Waals surface area contributed by atoms with E-state index in [2.05, 4.69) is 10.3 Å². The highest BCUT2D eigenvalue weighted by Crippen LogP contribution is 2.36. The highest BCUT2D eigenvalue weighted by atomic mass is 35.5. The average Bonchev–Trinajstić information content (AvgIpc) is 3.29. The standard InChI is InChI=1S/C18H22ClN3O3/c1-10(20-17(24)25-18(2,3)4)15-21-13-7-5-6-12(19)14(13)16(23)22(15)11-8-9-11/h5-7,10-11H,8-9H2,1-4H3,(H,20,24)/t10-/m0/s1. The third-order valence-electron chi connectivity index (χ3n) is 3.94. The average molecular weight is 364 g/mol. The van der Waals surface area contributed by atoms with E-state index in [-0.39, 0.29) is 11.6 Å². The first kappa shape index (κ1) is 17.7. The summed E-state index contributed by atoms with van der Waals surface area (Å²) >= 11 is 6.21. The first-order valence-corrected chi connectivity index (χ1v) is 8.75. The second-order valence-electron chi connectivity index (χ2n) is 7.38. The van der Waals surface area contributed by atoms with Crippen molar-refractivity contribution in [3.05, 3.63) is 39.4 Å². The lowest BCUT2D eigenvalue weighted by atomic mass is 10.2. The van der Waals surface area contributed by atoms with Crippen LogP contribution in [0.2, 0.25) is 5.02 Å². The molecule has 1 saturated carbocycles. The van der Waals surface area contributed by atoms with Crippen LogP contribution in [0.4, 0.5) is 4.79 Å². The minimum atomic E-state index is -0.593. The van der Waals surface area contributed by atoms with Crippen LogP contribution in [0.25, 0.3) is 10.9 Å². The maximum atomic E-state index is 13.0. The van der Waals surface area contributed by atoms with Gasteiger partial charge in [0, 0.05) is 6.04 Å². The third kappa shape index (κ3) is 3.79. The summed E-state index contributed by atoms with van der Waals surface area (Å²) in [4.78, 5) is 29.7. The summed E-state index contributed by atoms with van der Waals surface area (Å²) in [6.45, 7) is 7.19. The number of ether oxygens (including phenoxy) is 1. The van der Waals surface area contributed by atoms with Crippen LogP contribution in [0, 0.1) is 0 Å². The first-order valence-electron chi connectivity index (χ1n) is 8.37. The van der Waals surface area contributed by atoms with E-state index in [1.165, 1.54) is 0 Å². The molecule has 1 aromatic carbocycles. The monoisotopic (exact) mass is 363 g/mol. The van der Waals surface area contributed by atoms with Crippen molar-refractivity contribution in [1.29, 1.82) is 0 Å². The predicted octanol–water partition coefficient (Wildman–Crippen LogP) is 3.97. The van der Waals surface area contributed by atoms with Crippen LogP contribution < -0.4 is 10.9 Å². The van der Waals surface area contributed by atoms with Gasteiger partial charge < -0.3 is 10.1 Å². The molecule has 2 aromatic rings. The third-order valence-corrected chi connectivity index (χ3v) is 4.25. The highest BCUT2D eigenvalue weighted by molar-refractivity contribution is 6.35. The Kier molecular flexibility index (Phi) is 4.49. The van der Waals surface area contributed by atoms with E-state index in [9.17, 15) is 9.59 Å². The van der Waals surface area contributed by atoms with Crippen molar-refractivity contribution in [2.24, 2.45) is 0 Å². The topological polar surface area (TPSA) is 73.2 Å². The molecular weight excluding hydrogens is 342 g/mol. The van der Waals surface area contributed by atoms with Crippen LogP contribution in [0.1, 0.15) is 58.4 Å². The summed E-state index contributed by atoms with van der Waals surface area (Å²) in [5.41, 5.74) is -0.224. The Hall–Kier alpha value is -2.08. The number of rotatable bonds is 3. The van der Waals surface area contributed by atoms with Crippen molar-refractivity contribution < 1.29 is 9.53 Å². The van der Waals surface area contributed by atoms with Gasteiger partial charge in [0.05, 0.1) is 22.0 Å². The number of nitrogens with one attached hydrogen (secondary N) is 1. The fourth-order valence-electron chi connectivity index (χ4n) is 2.76. The molecule has 0 spiro atoms. The van der Waals surface area contributed by atoms with Gasteiger partial charge in [0.15, 0.2) is 0 Å². The molecular formula is C18H22ClN3O3. The van der Waals surface area contributed by atoms with Gasteiger partial charge in [-0.25, -0.2) is 9.78 Å².